The zero-order valence-electron chi connectivity index (χ0n) is 16.9. The van der Waals surface area contributed by atoms with E-state index >= 15 is 0 Å². The molecule has 0 spiro atoms. The highest BCUT2D eigenvalue weighted by atomic mass is 32.2. The second-order valence-electron chi connectivity index (χ2n) is 7.44. The molecule has 2 atom stereocenters. The van der Waals surface area contributed by atoms with Crippen molar-refractivity contribution in [2.45, 2.75) is 41.4 Å². The normalized spacial score (nSPS) is 18.2. The summed E-state index contributed by atoms with van der Waals surface area (Å²) in [6.07, 6.45) is 0.931. The first-order valence-electron chi connectivity index (χ1n) is 9.56. The van der Waals surface area contributed by atoms with Crippen LogP contribution in [0.3, 0.4) is 0 Å². The predicted octanol–water partition coefficient (Wildman–Crippen LogP) is 3.24. The second kappa shape index (κ2) is 8.87. The van der Waals surface area contributed by atoms with E-state index < -0.39 is 10.0 Å². The number of hydrogen-bond acceptors (Lipinski definition) is 5. The lowest BCUT2D eigenvalue weighted by molar-refractivity contribution is -0.119. The van der Waals surface area contributed by atoms with Crippen molar-refractivity contribution < 1.29 is 13.2 Å². The third-order valence-corrected chi connectivity index (χ3v) is 7.41. The van der Waals surface area contributed by atoms with Crippen molar-refractivity contribution in [3.8, 4) is 0 Å². The molecule has 2 aromatic carbocycles. The highest BCUT2D eigenvalue weighted by molar-refractivity contribution is 8.00. The van der Waals surface area contributed by atoms with Crippen molar-refractivity contribution >= 4 is 33.4 Å². The van der Waals surface area contributed by atoms with Crippen molar-refractivity contribution in [3.63, 3.8) is 0 Å². The summed E-state index contributed by atoms with van der Waals surface area (Å²) in [5, 5.41) is 5.70. The number of fused-ring (bicyclic) bond motifs is 1. The molecule has 156 valence electrons. The van der Waals surface area contributed by atoms with Crippen LogP contribution in [0.2, 0.25) is 0 Å². The standard InChI is InChI=1S/C21H27N3O3S2/c1-15-11-12-24(19-9-4-5-10-20(19)28-15)21(25)14-23(3)16(2)17-7-6-8-18(13-17)29(22,26)27/h4-10,13,15-16H,11-12,14H2,1-3H3,(H2,22,26,27)/t15-,16+/m0/s1. The van der Waals surface area contributed by atoms with Crippen LogP contribution in [-0.2, 0) is 14.8 Å². The minimum absolute atomic E-state index is 0.0316. The fourth-order valence-corrected chi connectivity index (χ4v) is 5.07. The van der Waals surface area contributed by atoms with Gasteiger partial charge in [-0.1, -0.05) is 31.2 Å². The minimum atomic E-state index is -3.76. The number of sulfonamides is 1. The van der Waals surface area contributed by atoms with Gasteiger partial charge in [0.05, 0.1) is 17.1 Å². The minimum Gasteiger partial charge on any atom is -0.310 e. The molecule has 1 heterocycles. The maximum atomic E-state index is 13.2. The third-order valence-electron chi connectivity index (χ3n) is 5.26. The summed E-state index contributed by atoms with van der Waals surface area (Å²) in [5.41, 5.74) is 1.76. The molecule has 0 aliphatic carbocycles. The van der Waals surface area contributed by atoms with Gasteiger partial charge in [0.1, 0.15) is 0 Å². The second-order valence-corrected chi connectivity index (χ2v) is 10.5. The molecule has 1 aliphatic heterocycles. The lowest BCUT2D eigenvalue weighted by Crippen LogP contribution is -2.40. The predicted molar refractivity (Wildman–Crippen MR) is 118 cm³/mol. The van der Waals surface area contributed by atoms with Crippen LogP contribution < -0.4 is 10.0 Å². The van der Waals surface area contributed by atoms with Crippen molar-refractivity contribution in [3.05, 3.63) is 54.1 Å². The maximum Gasteiger partial charge on any atom is 0.241 e. The Balaban J connectivity index is 1.77. The summed E-state index contributed by atoms with van der Waals surface area (Å²) in [4.78, 5) is 18.2. The maximum absolute atomic E-state index is 13.2. The van der Waals surface area contributed by atoms with Gasteiger partial charge in [0, 0.05) is 22.7 Å². The monoisotopic (exact) mass is 433 g/mol. The molecule has 0 unspecified atom stereocenters. The molecule has 2 N–H and O–H groups in total. The average Bonchev–Trinajstić information content (AvgIpc) is 2.85. The number of benzene rings is 2. The van der Waals surface area contributed by atoms with E-state index in [4.69, 9.17) is 5.14 Å². The van der Waals surface area contributed by atoms with E-state index in [1.165, 1.54) is 6.07 Å². The van der Waals surface area contributed by atoms with Crippen LogP contribution in [0.15, 0.2) is 58.3 Å². The fraction of sp³-hybridized carbons (Fsp3) is 0.381. The van der Waals surface area contributed by atoms with E-state index in [-0.39, 0.29) is 23.4 Å². The number of anilines is 1. The number of rotatable bonds is 5. The highest BCUT2D eigenvalue weighted by Crippen LogP contribution is 2.37. The molecule has 0 saturated heterocycles. The van der Waals surface area contributed by atoms with Crippen LogP contribution in [0.5, 0.6) is 0 Å². The van der Waals surface area contributed by atoms with Crippen LogP contribution >= 0.6 is 11.8 Å². The van der Waals surface area contributed by atoms with E-state index in [1.54, 1.807) is 23.9 Å². The molecular formula is C21H27N3O3S2. The van der Waals surface area contributed by atoms with Crippen molar-refractivity contribution in [2.24, 2.45) is 5.14 Å². The number of hydrogen-bond donors (Lipinski definition) is 1. The van der Waals surface area contributed by atoms with Crippen LogP contribution in [0.4, 0.5) is 5.69 Å². The van der Waals surface area contributed by atoms with Gasteiger partial charge in [-0.3, -0.25) is 9.69 Å². The number of carbonyl (C=O) groups is 1. The zero-order chi connectivity index (χ0) is 21.2. The SMILES string of the molecule is C[C@H](c1cccc(S(N)(=O)=O)c1)N(C)CC(=O)N1CC[C@H](C)Sc2ccccc21. The number of thioether (sulfide) groups is 1. The van der Waals surface area contributed by atoms with Gasteiger partial charge in [-0.15, -0.1) is 11.8 Å². The highest BCUT2D eigenvalue weighted by Gasteiger charge is 2.26. The van der Waals surface area contributed by atoms with Crippen LogP contribution in [0.25, 0.3) is 0 Å². The summed E-state index contributed by atoms with van der Waals surface area (Å²) in [5.74, 6) is 0.0316. The van der Waals surface area contributed by atoms with E-state index in [1.807, 2.05) is 48.0 Å². The Morgan fingerprint density at radius 2 is 2.00 bits per heavy atom. The van der Waals surface area contributed by atoms with Crippen LogP contribution in [0.1, 0.15) is 31.9 Å². The van der Waals surface area contributed by atoms with Crippen molar-refractivity contribution in [2.75, 3.05) is 25.0 Å². The van der Waals surface area contributed by atoms with Gasteiger partial charge in [-0.2, -0.15) is 0 Å². The van der Waals surface area contributed by atoms with Gasteiger partial charge in [-0.05, 0) is 50.2 Å². The molecule has 8 heteroatoms. The number of primary sulfonamides is 1. The molecule has 0 saturated carbocycles. The van der Waals surface area contributed by atoms with Crippen LogP contribution in [0, 0.1) is 0 Å². The number of nitrogens with zero attached hydrogens (tertiary/aromatic N) is 2. The molecule has 3 rings (SSSR count). The molecule has 0 fully saturated rings. The van der Waals surface area contributed by atoms with Gasteiger partial charge in [0.25, 0.3) is 0 Å². The Morgan fingerprint density at radius 3 is 2.72 bits per heavy atom. The third kappa shape index (κ3) is 5.19. The van der Waals surface area contributed by atoms with Gasteiger partial charge in [-0.25, -0.2) is 13.6 Å². The number of amides is 1. The fourth-order valence-electron chi connectivity index (χ4n) is 3.39. The Hall–Kier alpha value is -1.87. The number of nitrogens with two attached hydrogens (primary N) is 1. The van der Waals surface area contributed by atoms with E-state index in [0.29, 0.717) is 11.8 Å². The van der Waals surface area contributed by atoms with E-state index in [2.05, 4.69) is 13.0 Å². The Kier molecular flexibility index (Phi) is 6.68. The summed E-state index contributed by atoms with van der Waals surface area (Å²) in [6, 6.07) is 14.4. The molecule has 6 nitrogen and oxygen atoms in total. The summed E-state index contributed by atoms with van der Waals surface area (Å²) in [7, 11) is -1.90. The van der Waals surface area contributed by atoms with Gasteiger partial charge in [0.2, 0.25) is 15.9 Å². The first-order valence-corrected chi connectivity index (χ1v) is 12.0. The average molecular weight is 434 g/mol. The molecule has 1 aliphatic rings. The Morgan fingerprint density at radius 1 is 1.28 bits per heavy atom. The molecule has 29 heavy (non-hydrogen) atoms. The van der Waals surface area contributed by atoms with E-state index in [0.717, 1.165) is 22.6 Å². The number of likely N-dealkylation sites (N-methyl/N-ethyl adjacent to an activating group) is 1. The molecule has 0 radical (unpaired) electrons. The van der Waals surface area contributed by atoms with Gasteiger partial charge >= 0.3 is 0 Å². The van der Waals surface area contributed by atoms with Crippen LogP contribution in [-0.4, -0.2) is 44.6 Å². The lowest BCUT2D eigenvalue weighted by Gasteiger charge is -2.29. The Labute approximate surface area is 177 Å². The van der Waals surface area contributed by atoms with E-state index in [9.17, 15) is 13.2 Å². The zero-order valence-corrected chi connectivity index (χ0v) is 18.5. The molecule has 0 bridgehead atoms. The summed E-state index contributed by atoms with van der Waals surface area (Å²) < 4.78 is 23.3. The molecule has 2 aromatic rings. The first-order chi connectivity index (χ1) is 13.7. The summed E-state index contributed by atoms with van der Waals surface area (Å²) >= 11 is 1.80. The molecular weight excluding hydrogens is 406 g/mol. The largest absolute Gasteiger partial charge is 0.310 e. The topological polar surface area (TPSA) is 83.7 Å². The number of carbonyl (C=O) groups excluding carboxylic acids is 1. The van der Waals surface area contributed by atoms with Crippen molar-refractivity contribution in [1.82, 2.24) is 4.90 Å². The summed E-state index contributed by atoms with van der Waals surface area (Å²) in [6.45, 7) is 5.05. The van der Waals surface area contributed by atoms with Gasteiger partial charge < -0.3 is 4.90 Å². The lowest BCUT2D eigenvalue weighted by atomic mass is 10.1. The van der Waals surface area contributed by atoms with Gasteiger partial charge in [0.15, 0.2) is 0 Å². The quantitative estimate of drug-likeness (QED) is 0.783. The molecule has 1 amide bonds. The molecule has 0 aromatic heterocycles. The van der Waals surface area contributed by atoms with Crippen molar-refractivity contribution in [1.29, 1.82) is 0 Å². The first kappa shape index (κ1) is 21.8. The Bertz CT molecular complexity index is 994. The number of para-hydroxylation sites is 1. The smallest absolute Gasteiger partial charge is 0.241 e.